The van der Waals surface area contributed by atoms with Gasteiger partial charge in [-0.3, -0.25) is 14.4 Å². The number of carbonyl (C=O) groups is 3. The number of amides is 3. The van der Waals surface area contributed by atoms with Crippen molar-refractivity contribution in [3.8, 4) is 0 Å². The van der Waals surface area contributed by atoms with Crippen LogP contribution < -0.4 is 10.6 Å². The van der Waals surface area contributed by atoms with Crippen molar-refractivity contribution in [2.75, 3.05) is 17.6 Å². The molecule has 1 fully saturated rings. The highest BCUT2D eigenvalue weighted by Gasteiger charge is 2.32. The van der Waals surface area contributed by atoms with Crippen LogP contribution in [-0.2, 0) is 17.8 Å². The summed E-state index contributed by atoms with van der Waals surface area (Å²) in [4.78, 5) is 40.4. The summed E-state index contributed by atoms with van der Waals surface area (Å²) >= 11 is 1.59. The summed E-state index contributed by atoms with van der Waals surface area (Å²) in [6.07, 6.45) is 0.723. The first-order chi connectivity index (χ1) is 19.1. The standard InChI is InChI=1S/C32H29N3O3S/c36-29-22-39-32(35(29)21-24-11-5-2-6-12-24)26-17-15-25(16-18-26)30(37)34-28-14-8-7-13-27(28)31(38)33-20-19-23-9-3-1-4-10-23/h1-18,32H,19-22H2,(H,33,38)(H,34,37)/t32-/m1/s1. The molecule has 0 bridgehead atoms. The van der Waals surface area contributed by atoms with E-state index in [0.29, 0.717) is 35.7 Å². The summed E-state index contributed by atoms with van der Waals surface area (Å²) < 4.78 is 0. The molecule has 1 saturated heterocycles. The zero-order chi connectivity index (χ0) is 27.0. The van der Waals surface area contributed by atoms with Gasteiger partial charge in [-0.05, 0) is 47.4 Å². The van der Waals surface area contributed by atoms with Crippen LogP contribution in [0.5, 0.6) is 0 Å². The highest BCUT2D eigenvalue weighted by Crippen LogP contribution is 2.39. The molecule has 0 aromatic heterocycles. The van der Waals surface area contributed by atoms with Crippen molar-refractivity contribution >= 4 is 35.2 Å². The molecule has 6 nitrogen and oxygen atoms in total. The summed E-state index contributed by atoms with van der Waals surface area (Å²) in [6.45, 7) is 1.04. The summed E-state index contributed by atoms with van der Waals surface area (Å²) in [6, 6.07) is 34.2. The molecule has 4 aromatic carbocycles. The van der Waals surface area contributed by atoms with Crippen LogP contribution in [0.15, 0.2) is 109 Å². The molecular formula is C32H29N3O3S. The molecular weight excluding hydrogens is 506 g/mol. The first-order valence-electron chi connectivity index (χ1n) is 12.9. The zero-order valence-electron chi connectivity index (χ0n) is 21.4. The van der Waals surface area contributed by atoms with Crippen molar-refractivity contribution in [3.05, 3.63) is 137 Å². The minimum absolute atomic E-state index is 0.102. The summed E-state index contributed by atoms with van der Waals surface area (Å²) in [5.41, 5.74) is 4.53. The lowest BCUT2D eigenvalue weighted by Gasteiger charge is -2.24. The fourth-order valence-electron chi connectivity index (χ4n) is 4.53. The number of thioether (sulfide) groups is 1. The highest BCUT2D eigenvalue weighted by molar-refractivity contribution is 8.00. The van der Waals surface area contributed by atoms with Crippen molar-refractivity contribution < 1.29 is 14.4 Å². The molecule has 0 unspecified atom stereocenters. The third-order valence-electron chi connectivity index (χ3n) is 6.58. The predicted octanol–water partition coefficient (Wildman–Crippen LogP) is 5.69. The first kappa shape index (κ1) is 26.3. The van der Waals surface area contributed by atoms with E-state index in [9.17, 15) is 14.4 Å². The normalized spacial score (nSPS) is 14.7. The van der Waals surface area contributed by atoms with Crippen molar-refractivity contribution in [2.24, 2.45) is 0 Å². The van der Waals surface area contributed by atoms with Crippen LogP contribution in [0.25, 0.3) is 0 Å². The van der Waals surface area contributed by atoms with Crippen LogP contribution in [0.3, 0.4) is 0 Å². The molecule has 0 saturated carbocycles. The molecule has 3 amide bonds. The molecule has 1 atom stereocenters. The number of rotatable bonds is 9. The van der Waals surface area contributed by atoms with Crippen LogP contribution in [0.1, 0.15) is 42.8 Å². The first-order valence-corrected chi connectivity index (χ1v) is 13.9. The number of nitrogens with one attached hydrogen (secondary N) is 2. The van der Waals surface area contributed by atoms with Crippen LogP contribution in [0, 0.1) is 0 Å². The maximum absolute atomic E-state index is 13.1. The van der Waals surface area contributed by atoms with E-state index in [1.165, 1.54) is 0 Å². The average molecular weight is 536 g/mol. The van der Waals surface area contributed by atoms with Gasteiger partial charge in [-0.15, -0.1) is 11.8 Å². The van der Waals surface area contributed by atoms with Crippen LogP contribution in [0.2, 0.25) is 0 Å². The molecule has 1 aliphatic rings. The lowest BCUT2D eigenvalue weighted by atomic mass is 10.1. The second-order valence-corrected chi connectivity index (χ2v) is 10.4. The quantitative estimate of drug-likeness (QED) is 0.289. The topological polar surface area (TPSA) is 78.5 Å². The molecule has 0 spiro atoms. The van der Waals surface area contributed by atoms with Gasteiger partial charge in [0, 0.05) is 18.7 Å². The molecule has 0 radical (unpaired) electrons. The van der Waals surface area contributed by atoms with Crippen molar-refractivity contribution in [1.29, 1.82) is 0 Å². The van der Waals surface area contributed by atoms with Gasteiger partial charge in [-0.25, -0.2) is 0 Å². The van der Waals surface area contributed by atoms with Gasteiger partial charge < -0.3 is 15.5 Å². The Bertz CT molecular complexity index is 1440. The predicted molar refractivity (Wildman–Crippen MR) is 156 cm³/mol. The molecule has 39 heavy (non-hydrogen) atoms. The van der Waals surface area contributed by atoms with E-state index in [1.54, 1.807) is 48.2 Å². The third-order valence-corrected chi connectivity index (χ3v) is 7.84. The second kappa shape index (κ2) is 12.5. The Morgan fingerprint density at radius 3 is 2.13 bits per heavy atom. The van der Waals surface area contributed by atoms with Gasteiger partial charge in [0.05, 0.1) is 17.0 Å². The smallest absolute Gasteiger partial charge is 0.255 e. The number of benzene rings is 4. The molecule has 2 N–H and O–H groups in total. The fourth-order valence-corrected chi connectivity index (χ4v) is 5.71. The largest absolute Gasteiger partial charge is 0.352 e. The van der Waals surface area contributed by atoms with E-state index < -0.39 is 0 Å². The van der Waals surface area contributed by atoms with Crippen LogP contribution in [-0.4, -0.2) is 34.9 Å². The molecule has 1 heterocycles. The van der Waals surface area contributed by atoms with Crippen LogP contribution >= 0.6 is 11.8 Å². The van der Waals surface area contributed by atoms with Crippen molar-refractivity contribution in [3.63, 3.8) is 0 Å². The fraction of sp³-hybridized carbons (Fsp3) is 0.156. The summed E-state index contributed by atoms with van der Waals surface area (Å²) in [5, 5.41) is 5.72. The number of nitrogens with zero attached hydrogens (tertiary/aromatic N) is 1. The summed E-state index contributed by atoms with van der Waals surface area (Å²) in [5.74, 6) is -0.000434. The third kappa shape index (κ3) is 6.56. The van der Waals surface area contributed by atoms with Crippen molar-refractivity contribution in [2.45, 2.75) is 18.3 Å². The highest BCUT2D eigenvalue weighted by atomic mass is 32.2. The van der Waals surface area contributed by atoms with E-state index in [2.05, 4.69) is 10.6 Å². The number of anilines is 1. The van der Waals surface area contributed by atoms with Gasteiger partial charge >= 0.3 is 0 Å². The molecule has 5 rings (SSSR count). The number of para-hydroxylation sites is 1. The lowest BCUT2D eigenvalue weighted by molar-refractivity contribution is -0.128. The van der Waals surface area contributed by atoms with Gasteiger partial charge in [0.1, 0.15) is 5.37 Å². The van der Waals surface area contributed by atoms with E-state index >= 15 is 0 Å². The van der Waals surface area contributed by atoms with Gasteiger partial charge in [0.2, 0.25) is 5.91 Å². The molecule has 0 aliphatic carbocycles. The number of carbonyl (C=O) groups excluding carboxylic acids is 3. The minimum Gasteiger partial charge on any atom is -0.352 e. The molecule has 196 valence electrons. The maximum Gasteiger partial charge on any atom is 0.255 e. The van der Waals surface area contributed by atoms with Gasteiger partial charge in [0.15, 0.2) is 0 Å². The zero-order valence-corrected chi connectivity index (χ0v) is 22.2. The van der Waals surface area contributed by atoms with E-state index in [0.717, 1.165) is 23.1 Å². The van der Waals surface area contributed by atoms with Gasteiger partial charge in [-0.1, -0.05) is 84.9 Å². The van der Waals surface area contributed by atoms with Gasteiger partial charge in [-0.2, -0.15) is 0 Å². The Kier molecular flexibility index (Phi) is 8.39. The Hall–Kier alpha value is -4.36. The Morgan fingerprint density at radius 2 is 1.41 bits per heavy atom. The summed E-state index contributed by atoms with van der Waals surface area (Å²) in [7, 11) is 0. The van der Waals surface area contributed by atoms with Crippen molar-refractivity contribution in [1.82, 2.24) is 10.2 Å². The number of hydrogen-bond donors (Lipinski definition) is 2. The van der Waals surface area contributed by atoms with E-state index in [-0.39, 0.29) is 23.1 Å². The minimum atomic E-state index is -0.303. The van der Waals surface area contributed by atoms with E-state index in [1.807, 2.05) is 77.7 Å². The SMILES string of the molecule is O=C(Nc1ccccc1C(=O)NCCc1ccccc1)c1ccc([C@H]2SCC(=O)N2Cc2ccccc2)cc1. The van der Waals surface area contributed by atoms with E-state index in [4.69, 9.17) is 0 Å². The maximum atomic E-state index is 13.1. The Labute approximate surface area is 232 Å². The Morgan fingerprint density at radius 1 is 0.769 bits per heavy atom. The second-order valence-electron chi connectivity index (χ2n) is 9.28. The molecule has 1 aliphatic heterocycles. The lowest BCUT2D eigenvalue weighted by Crippen LogP contribution is -2.27. The molecule has 4 aromatic rings. The Balaban J connectivity index is 1.22. The monoisotopic (exact) mass is 535 g/mol. The molecule has 7 heteroatoms. The average Bonchev–Trinajstić information content (AvgIpc) is 3.34. The number of hydrogen-bond acceptors (Lipinski definition) is 4. The van der Waals surface area contributed by atoms with Crippen LogP contribution in [0.4, 0.5) is 5.69 Å². The van der Waals surface area contributed by atoms with Gasteiger partial charge in [0.25, 0.3) is 11.8 Å².